The quantitative estimate of drug-likeness (QED) is 0.937. The highest BCUT2D eigenvalue weighted by atomic mass is 79.9. The third kappa shape index (κ3) is 3.51. The lowest BCUT2D eigenvalue weighted by Crippen LogP contribution is -2.03. The molecule has 0 unspecified atom stereocenters. The second-order valence-electron chi connectivity index (χ2n) is 3.72. The highest BCUT2D eigenvalue weighted by molar-refractivity contribution is 9.10. The van der Waals surface area contributed by atoms with Crippen molar-refractivity contribution in [2.24, 2.45) is 0 Å². The molecule has 0 atom stereocenters. The Hall–Kier alpha value is -1.95. The molecule has 1 heterocycles. The molecule has 6 heteroatoms. The Morgan fingerprint density at radius 1 is 1.37 bits per heavy atom. The molecule has 0 amide bonds. The summed E-state index contributed by atoms with van der Waals surface area (Å²) < 4.78 is 19.1. The minimum absolute atomic E-state index is 0.0561. The molecule has 0 aliphatic heterocycles. The summed E-state index contributed by atoms with van der Waals surface area (Å²) in [6, 6.07) is 7.16. The Morgan fingerprint density at radius 2 is 2.16 bits per heavy atom. The van der Waals surface area contributed by atoms with Crippen LogP contribution in [0.25, 0.3) is 0 Å². The van der Waals surface area contributed by atoms with E-state index in [1.165, 1.54) is 24.4 Å². The molecule has 19 heavy (non-hydrogen) atoms. The molecule has 1 aromatic heterocycles. The lowest BCUT2D eigenvalue weighted by atomic mass is 10.2. The molecule has 0 radical (unpaired) electrons. The summed E-state index contributed by atoms with van der Waals surface area (Å²) >= 11 is 3.24. The van der Waals surface area contributed by atoms with Crippen molar-refractivity contribution in [1.29, 1.82) is 0 Å². The predicted octanol–water partition coefficient (Wildman–Crippen LogP) is 3.26. The number of hydrogen-bond acceptors (Lipinski definition) is 3. The largest absolute Gasteiger partial charge is 0.488 e. The highest BCUT2D eigenvalue weighted by Crippen LogP contribution is 2.26. The first kappa shape index (κ1) is 13.5. The number of ether oxygens (including phenoxy) is 1. The van der Waals surface area contributed by atoms with Crippen LogP contribution in [-0.2, 0) is 6.61 Å². The zero-order chi connectivity index (χ0) is 13.8. The third-order valence-electron chi connectivity index (χ3n) is 2.33. The van der Waals surface area contributed by atoms with Gasteiger partial charge in [-0.2, -0.15) is 0 Å². The van der Waals surface area contributed by atoms with E-state index < -0.39 is 11.8 Å². The van der Waals surface area contributed by atoms with Gasteiger partial charge >= 0.3 is 5.97 Å². The lowest BCUT2D eigenvalue weighted by Gasteiger charge is -2.08. The molecule has 0 spiro atoms. The van der Waals surface area contributed by atoms with Gasteiger partial charge in [0.15, 0.2) is 0 Å². The number of nitrogens with zero attached hydrogens (tertiary/aromatic N) is 1. The molecule has 0 aliphatic rings. The van der Waals surface area contributed by atoms with Gasteiger partial charge in [-0.15, -0.1) is 0 Å². The first-order chi connectivity index (χ1) is 9.06. The summed E-state index contributed by atoms with van der Waals surface area (Å²) in [5, 5.41) is 8.81. The predicted molar refractivity (Wildman–Crippen MR) is 69.6 cm³/mol. The van der Waals surface area contributed by atoms with Gasteiger partial charge in [0.2, 0.25) is 0 Å². The summed E-state index contributed by atoms with van der Waals surface area (Å²) in [6.45, 7) is 0.130. The fourth-order valence-electron chi connectivity index (χ4n) is 1.43. The number of aromatic nitrogens is 1. The van der Waals surface area contributed by atoms with Crippen molar-refractivity contribution >= 4 is 21.9 Å². The molecule has 0 aliphatic carbocycles. The average Bonchev–Trinajstić information content (AvgIpc) is 2.40. The van der Waals surface area contributed by atoms with Gasteiger partial charge in [0.1, 0.15) is 23.9 Å². The van der Waals surface area contributed by atoms with Gasteiger partial charge in [0.05, 0.1) is 4.47 Å². The van der Waals surface area contributed by atoms with E-state index in [1.807, 2.05) is 0 Å². The molecule has 0 saturated heterocycles. The summed E-state index contributed by atoms with van der Waals surface area (Å²) in [5.74, 6) is -1.15. The van der Waals surface area contributed by atoms with Crippen molar-refractivity contribution in [2.75, 3.05) is 0 Å². The minimum Gasteiger partial charge on any atom is -0.488 e. The molecule has 0 bridgehead atoms. The monoisotopic (exact) mass is 325 g/mol. The number of rotatable bonds is 4. The van der Waals surface area contributed by atoms with E-state index in [1.54, 1.807) is 12.1 Å². The van der Waals surface area contributed by atoms with Crippen LogP contribution in [0, 0.1) is 5.82 Å². The molecule has 98 valence electrons. The van der Waals surface area contributed by atoms with Crippen molar-refractivity contribution in [3.05, 3.63) is 58.1 Å². The van der Waals surface area contributed by atoms with E-state index in [0.29, 0.717) is 15.8 Å². The number of halogens is 2. The van der Waals surface area contributed by atoms with Crippen molar-refractivity contribution in [3.8, 4) is 5.75 Å². The zero-order valence-electron chi connectivity index (χ0n) is 9.64. The molecular weight excluding hydrogens is 317 g/mol. The number of aromatic carboxylic acids is 1. The molecule has 0 saturated carbocycles. The Kier molecular flexibility index (Phi) is 4.11. The molecule has 4 nitrogen and oxygen atoms in total. The Morgan fingerprint density at radius 3 is 2.89 bits per heavy atom. The standard InChI is InChI=1S/C13H9BrFNO3/c14-10-2-1-9(15)6-12(10)19-7-8-3-4-16-11(5-8)13(17)18/h1-6H,7H2,(H,17,18). The Bertz CT molecular complexity index is 619. The van der Waals surface area contributed by atoms with Crippen LogP contribution >= 0.6 is 15.9 Å². The Labute approximate surface area is 117 Å². The summed E-state index contributed by atoms with van der Waals surface area (Å²) in [7, 11) is 0. The maximum atomic E-state index is 13.1. The van der Waals surface area contributed by atoms with Gasteiger partial charge in [-0.3, -0.25) is 0 Å². The summed E-state index contributed by atoms with van der Waals surface area (Å²) in [4.78, 5) is 14.5. The first-order valence-electron chi connectivity index (χ1n) is 5.32. The maximum Gasteiger partial charge on any atom is 0.354 e. The minimum atomic E-state index is -1.10. The zero-order valence-corrected chi connectivity index (χ0v) is 11.2. The van der Waals surface area contributed by atoms with Gasteiger partial charge in [-0.1, -0.05) is 0 Å². The smallest absolute Gasteiger partial charge is 0.354 e. The van der Waals surface area contributed by atoms with Crippen LogP contribution in [0.1, 0.15) is 16.1 Å². The Balaban J connectivity index is 2.12. The van der Waals surface area contributed by atoms with Crippen LogP contribution in [0.4, 0.5) is 4.39 Å². The van der Waals surface area contributed by atoms with Crippen molar-refractivity contribution < 1.29 is 19.0 Å². The SMILES string of the molecule is O=C(O)c1cc(COc2cc(F)ccc2Br)ccn1. The van der Waals surface area contributed by atoms with Crippen molar-refractivity contribution in [3.63, 3.8) is 0 Å². The van der Waals surface area contributed by atoms with Crippen LogP contribution < -0.4 is 4.74 Å². The van der Waals surface area contributed by atoms with Gasteiger partial charge in [-0.25, -0.2) is 14.2 Å². The molecule has 1 N–H and O–H groups in total. The van der Waals surface area contributed by atoms with E-state index in [-0.39, 0.29) is 12.3 Å². The van der Waals surface area contributed by atoms with Crippen LogP contribution in [0.5, 0.6) is 5.75 Å². The topological polar surface area (TPSA) is 59.4 Å². The van der Waals surface area contributed by atoms with Gasteiger partial charge in [0.25, 0.3) is 0 Å². The normalized spacial score (nSPS) is 10.2. The van der Waals surface area contributed by atoms with Crippen molar-refractivity contribution in [1.82, 2.24) is 4.98 Å². The van der Waals surface area contributed by atoms with Crippen LogP contribution in [0.2, 0.25) is 0 Å². The lowest BCUT2D eigenvalue weighted by molar-refractivity contribution is 0.0690. The molecule has 2 aromatic rings. The van der Waals surface area contributed by atoms with Crippen LogP contribution in [0.15, 0.2) is 41.0 Å². The second-order valence-corrected chi connectivity index (χ2v) is 4.57. The molecule has 2 rings (SSSR count). The number of carbonyl (C=O) groups is 1. The van der Waals surface area contributed by atoms with E-state index in [2.05, 4.69) is 20.9 Å². The molecule has 0 fully saturated rings. The van der Waals surface area contributed by atoms with Crippen molar-refractivity contribution in [2.45, 2.75) is 6.61 Å². The molecular formula is C13H9BrFNO3. The second kappa shape index (κ2) is 5.79. The van der Waals surface area contributed by atoms with Gasteiger partial charge < -0.3 is 9.84 Å². The summed E-state index contributed by atoms with van der Waals surface area (Å²) in [6.07, 6.45) is 1.39. The number of pyridine rings is 1. The van der Waals surface area contributed by atoms with E-state index >= 15 is 0 Å². The fourth-order valence-corrected chi connectivity index (χ4v) is 1.79. The third-order valence-corrected chi connectivity index (χ3v) is 2.99. The maximum absolute atomic E-state index is 13.1. The highest BCUT2D eigenvalue weighted by Gasteiger charge is 2.07. The number of benzene rings is 1. The first-order valence-corrected chi connectivity index (χ1v) is 6.11. The van der Waals surface area contributed by atoms with Gasteiger partial charge in [-0.05, 0) is 45.8 Å². The number of carboxylic acids is 1. The average molecular weight is 326 g/mol. The van der Waals surface area contributed by atoms with Gasteiger partial charge in [0, 0.05) is 12.3 Å². The van der Waals surface area contributed by atoms with E-state index in [9.17, 15) is 9.18 Å². The van der Waals surface area contributed by atoms with Crippen LogP contribution in [0.3, 0.4) is 0 Å². The van der Waals surface area contributed by atoms with E-state index in [0.717, 1.165) is 0 Å². The number of hydrogen-bond donors (Lipinski definition) is 1. The number of carboxylic acid groups (broad SMARTS) is 1. The van der Waals surface area contributed by atoms with E-state index in [4.69, 9.17) is 9.84 Å². The molecule has 1 aromatic carbocycles. The summed E-state index contributed by atoms with van der Waals surface area (Å²) in [5.41, 5.74) is 0.586. The van der Waals surface area contributed by atoms with Crippen LogP contribution in [-0.4, -0.2) is 16.1 Å². The fraction of sp³-hybridized carbons (Fsp3) is 0.0769.